The number of H-pyrrole nitrogens is 1. The molecule has 0 aliphatic carbocycles. The Morgan fingerprint density at radius 2 is 1.90 bits per heavy atom. The molecule has 10 heteroatoms. The van der Waals surface area contributed by atoms with Crippen LogP contribution in [-0.4, -0.2) is 65.9 Å². The largest absolute Gasteiger partial charge is 0.494 e. The monoisotopic (exact) mass is 433 g/mol. The number of likely N-dealkylation sites (N-methyl/N-ethyl adjacent to an activating group) is 1. The van der Waals surface area contributed by atoms with E-state index in [2.05, 4.69) is 20.9 Å². The second kappa shape index (κ2) is 8.00. The van der Waals surface area contributed by atoms with Gasteiger partial charge in [-0.3, -0.25) is 4.98 Å². The van der Waals surface area contributed by atoms with E-state index in [1.165, 1.54) is 16.6 Å². The van der Waals surface area contributed by atoms with Crippen molar-refractivity contribution < 1.29 is 13.5 Å². The number of aromatic nitrogens is 2. The number of aromatic amines is 1. The summed E-state index contributed by atoms with van der Waals surface area (Å²) >= 11 is 0. The summed E-state index contributed by atoms with van der Waals surface area (Å²) in [5.41, 5.74) is 2.00. The van der Waals surface area contributed by atoms with Gasteiger partial charge in [-0.05, 0) is 37.4 Å². The molecule has 4 rings (SSSR count). The second-order valence-corrected chi connectivity index (χ2v) is 8.75. The van der Waals surface area contributed by atoms with Crippen LogP contribution in [0.2, 0.25) is 0 Å². The Hall–Kier alpha value is -2.64. The van der Waals surface area contributed by atoms with Crippen LogP contribution in [0.4, 0.5) is 0 Å². The van der Waals surface area contributed by atoms with Crippen LogP contribution in [0.3, 0.4) is 0 Å². The van der Waals surface area contributed by atoms with Crippen molar-refractivity contribution in [3.63, 3.8) is 0 Å². The summed E-state index contributed by atoms with van der Waals surface area (Å²) in [6.45, 7) is 2.27. The van der Waals surface area contributed by atoms with E-state index in [4.69, 9.17) is 5.26 Å². The molecular formula is C19H20ClN5O3S. The Labute approximate surface area is 174 Å². The summed E-state index contributed by atoms with van der Waals surface area (Å²) in [7, 11) is -1.64. The third-order valence-electron chi connectivity index (χ3n) is 5.00. The fourth-order valence-electron chi connectivity index (χ4n) is 3.36. The highest BCUT2D eigenvalue weighted by molar-refractivity contribution is 7.89. The molecule has 0 atom stereocenters. The molecule has 0 bridgehead atoms. The number of hydrogen-bond acceptors (Lipinski definition) is 6. The molecule has 1 aliphatic heterocycles. The highest BCUT2D eigenvalue weighted by atomic mass is 35.5. The SMILES string of the molecule is CN1CCN(S(=O)(=O)c2ccc(-c3c(O)[nH]c4ccc(C#N)cc34)nc2)CC1.Cl. The molecular weight excluding hydrogens is 414 g/mol. The molecule has 29 heavy (non-hydrogen) atoms. The van der Waals surface area contributed by atoms with Crippen LogP contribution in [-0.2, 0) is 10.0 Å². The van der Waals surface area contributed by atoms with Gasteiger partial charge in [0.25, 0.3) is 0 Å². The maximum atomic E-state index is 12.8. The van der Waals surface area contributed by atoms with Crippen molar-refractivity contribution in [2.45, 2.75) is 4.90 Å². The standard InChI is InChI=1S/C19H19N5O3S.ClH/c1-23-6-8-24(9-7-23)28(26,27)14-3-5-17(21-12-14)18-15-10-13(11-20)2-4-16(15)22-19(18)25;/h2-5,10,12,22,25H,6-9H2,1H3;1H. The second-order valence-electron chi connectivity index (χ2n) is 6.81. The van der Waals surface area contributed by atoms with Crippen molar-refractivity contribution in [1.82, 2.24) is 19.2 Å². The smallest absolute Gasteiger partial charge is 0.244 e. The van der Waals surface area contributed by atoms with Crippen molar-refractivity contribution in [3.8, 4) is 23.2 Å². The van der Waals surface area contributed by atoms with Gasteiger partial charge in [0.1, 0.15) is 4.90 Å². The molecule has 0 radical (unpaired) electrons. The Bertz CT molecular complexity index is 1180. The number of fused-ring (bicyclic) bond motifs is 1. The maximum absolute atomic E-state index is 12.8. The summed E-state index contributed by atoms with van der Waals surface area (Å²) in [5, 5.41) is 20.1. The average molecular weight is 434 g/mol. The zero-order chi connectivity index (χ0) is 19.9. The van der Waals surface area contributed by atoms with E-state index in [9.17, 15) is 13.5 Å². The zero-order valence-corrected chi connectivity index (χ0v) is 17.3. The van der Waals surface area contributed by atoms with Crippen molar-refractivity contribution in [3.05, 3.63) is 42.1 Å². The van der Waals surface area contributed by atoms with Crippen molar-refractivity contribution >= 4 is 33.3 Å². The minimum atomic E-state index is -3.60. The van der Waals surface area contributed by atoms with E-state index in [1.54, 1.807) is 24.3 Å². The fraction of sp³-hybridized carbons (Fsp3) is 0.263. The lowest BCUT2D eigenvalue weighted by atomic mass is 10.1. The van der Waals surface area contributed by atoms with E-state index in [-0.39, 0.29) is 23.2 Å². The number of aromatic hydroxyl groups is 1. The van der Waals surface area contributed by atoms with Crippen LogP contribution in [0.5, 0.6) is 5.88 Å². The lowest BCUT2D eigenvalue weighted by molar-refractivity contribution is 0.222. The maximum Gasteiger partial charge on any atom is 0.244 e. The van der Waals surface area contributed by atoms with Crippen LogP contribution >= 0.6 is 12.4 Å². The molecule has 1 aromatic carbocycles. The van der Waals surface area contributed by atoms with Crippen LogP contribution in [0, 0.1) is 11.3 Å². The number of pyridine rings is 1. The van der Waals surface area contributed by atoms with Crippen molar-refractivity contribution in [2.24, 2.45) is 0 Å². The van der Waals surface area contributed by atoms with E-state index >= 15 is 0 Å². The molecule has 0 spiro atoms. The minimum Gasteiger partial charge on any atom is -0.494 e. The predicted molar refractivity (Wildman–Crippen MR) is 111 cm³/mol. The van der Waals surface area contributed by atoms with Gasteiger partial charge in [0, 0.05) is 43.3 Å². The average Bonchev–Trinajstić information content (AvgIpc) is 3.03. The molecule has 0 saturated carbocycles. The molecule has 3 aromatic rings. The van der Waals surface area contributed by atoms with Crippen LogP contribution in [0.1, 0.15) is 5.56 Å². The number of nitrogens with one attached hydrogen (secondary N) is 1. The first-order valence-corrected chi connectivity index (χ1v) is 10.2. The number of nitriles is 1. The van der Waals surface area contributed by atoms with Gasteiger partial charge < -0.3 is 15.0 Å². The summed E-state index contributed by atoms with van der Waals surface area (Å²) in [6, 6.07) is 10.2. The van der Waals surface area contributed by atoms with Gasteiger partial charge in [0.15, 0.2) is 5.88 Å². The third-order valence-corrected chi connectivity index (χ3v) is 6.88. The highest BCUT2D eigenvalue weighted by Crippen LogP contribution is 2.36. The first kappa shape index (κ1) is 21.1. The first-order chi connectivity index (χ1) is 13.4. The van der Waals surface area contributed by atoms with Crippen molar-refractivity contribution in [1.29, 1.82) is 5.26 Å². The Morgan fingerprint density at radius 3 is 2.52 bits per heavy atom. The van der Waals surface area contributed by atoms with E-state index in [0.29, 0.717) is 53.9 Å². The van der Waals surface area contributed by atoms with Gasteiger partial charge in [-0.15, -0.1) is 12.4 Å². The Balaban J connectivity index is 0.00000240. The number of sulfonamides is 1. The topological polar surface area (TPSA) is 113 Å². The molecule has 2 aromatic heterocycles. The van der Waals surface area contributed by atoms with Gasteiger partial charge in [-0.2, -0.15) is 9.57 Å². The van der Waals surface area contributed by atoms with Gasteiger partial charge in [-0.25, -0.2) is 8.42 Å². The third kappa shape index (κ3) is 3.80. The van der Waals surface area contributed by atoms with E-state index < -0.39 is 10.0 Å². The summed E-state index contributed by atoms with van der Waals surface area (Å²) in [5.74, 6) is -0.0766. The summed E-state index contributed by atoms with van der Waals surface area (Å²) in [6.07, 6.45) is 1.31. The van der Waals surface area contributed by atoms with Crippen molar-refractivity contribution in [2.75, 3.05) is 33.2 Å². The van der Waals surface area contributed by atoms with Gasteiger partial charge in [0.2, 0.25) is 10.0 Å². The number of nitrogens with zero attached hydrogens (tertiary/aromatic N) is 4. The van der Waals surface area contributed by atoms with Gasteiger partial charge in [0.05, 0.1) is 22.9 Å². The molecule has 0 unspecified atom stereocenters. The first-order valence-electron chi connectivity index (χ1n) is 8.80. The normalized spacial score (nSPS) is 15.7. The number of hydrogen-bond donors (Lipinski definition) is 2. The molecule has 3 heterocycles. The van der Waals surface area contributed by atoms with Gasteiger partial charge >= 0.3 is 0 Å². The summed E-state index contributed by atoms with van der Waals surface area (Å²) in [4.78, 5) is 9.35. The number of rotatable bonds is 3. The molecule has 8 nitrogen and oxygen atoms in total. The minimum absolute atomic E-state index is 0. The quantitative estimate of drug-likeness (QED) is 0.654. The molecule has 0 amide bonds. The zero-order valence-electron chi connectivity index (χ0n) is 15.7. The number of piperazine rings is 1. The fourth-order valence-corrected chi connectivity index (χ4v) is 4.73. The highest BCUT2D eigenvalue weighted by Gasteiger charge is 2.28. The Morgan fingerprint density at radius 1 is 1.17 bits per heavy atom. The lowest BCUT2D eigenvalue weighted by Crippen LogP contribution is -2.47. The van der Waals surface area contributed by atoms with Gasteiger partial charge in [-0.1, -0.05) is 0 Å². The van der Waals surface area contributed by atoms with Crippen LogP contribution in [0.15, 0.2) is 41.4 Å². The van der Waals surface area contributed by atoms with E-state index in [0.717, 1.165) is 0 Å². The Kier molecular flexibility index (Phi) is 5.82. The number of benzene rings is 1. The molecule has 1 fully saturated rings. The van der Waals surface area contributed by atoms with Crippen LogP contribution < -0.4 is 0 Å². The molecule has 1 saturated heterocycles. The predicted octanol–water partition coefficient (Wildman–Crippen LogP) is 2.17. The van der Waals surface area contributed by atoms with E-state index in [1.807, 2.05) is 7.05 Å². The molecule has 1 aliphatic rings. The lowest BCUT2D eigenvalue weighted by Gasteiger charge is -2.31. The summed E-state index contributed by atoms with van der Waals surface area (Å²) < 4.78 is 27.1. The molecule has 152 valence electrons. The molecule has 2 N–H and O–H groups in total. The number of halogens is 1. The van der Waals surface area contributed by atoms with Crippen LogP contribution in [0.25, 0.3) is 22.2 Å².